The molecule has 140 valence electrons. The van der Waals surface area contributed by atoms with Crippen molar-refractivity contribution in [3.63, 3.8) is 0 Å². The van der Waals surface area contributed by atoms with E-state index in [2.05, 4.69) is 67.9 Å². The van der Waals surface area contributed by atoms with Crippen LogP contribution in [0.3, 0.4) is 0 Å². The quantitative estimate of drug-likeness (QED) is 0.368. The van der Waals surface area contributed by atoms with Crippen molar-refractivity contribution < 1.29 is 9.53 Å². The number of benzene rings is 2. The Bertz CT molecular complexity index is 903. The molecule has 1 N–H and O–H groups in total. The van der Waals surface area contributed by atoms with Crippen molar-refractivity contribution in [1.82, 2.24) is 5.32 Å². The lowest BCUT2D eigenvalue weighted by Gasteiger charge is -2.09. The van der Waals surface area contributed by atoms with E-state index in [0.717, 1.165) is 31.5 Å². The maximum atomic E-state index is 12.3. The van der Waals surface area contributed by atoms with Gasteiger partial charge in [-0.25, -0.2) is 4.99 Å². The highest BCUT2D eigenvalue weighted by Crippen LogP contribution is 2.34. The third-order valence-corrected chi connectivity index (χ3v) is 6.13. The summed E-state index contributed by atoms with van der Waals surface area (Å²) >= 11 is 7.12. The van der Waals surface area contributed by atoms with Gasteiger partial charge in [-0.05, 0) is 105 Å². The molecule has 0 atom stereocenters. The second kappa shape index (κ2) is 9.25. The highest BCUT2D eigenvalue weighted by atomic mass is 127. The predicted octanol–water partition coefficient (Wildman–Crippen LogP) is 5.91. The number of thioether (sulfide) groups is 1. The zero-order valence-electron chi connectivity index (χ0n) is 14.9. The minimum absolute atomic E-state index is 0.135. The minimum Gasteiger partial charge on any atom is -0.492 e. The van der Waals surface area contributed by atoms with Gasteiger partial charge in [-0.2, -0.15) is 0 Å². The van der Waals surface area contributed by atoms with Gasteiger partial charge < -0.3 is 10.1 Å². The molecule has 7 heteroatoms. The smallest absolute Gasteiger partial charge is 0.264 e. The van der Waals surface area contributed by atoms with E-state index in [1.54, 1.807) is 0 Å². The van der Waals surface area contributed by atoms with Crippen molar-refractivity contribution >= 4 is 73.1 Å². The molecule has 0 aliphatic carbocycles. The van der Waals surface area contributed by atoms with E-state index in [9.17, 15) is 4.79 Å². The molecular formula is C20H18BrIN2O2S. The van der Waals surface area contributed by atoms with E-state index in [0.29, 0.717) is 16.7 Å². The normalized spacial score (nSPS) is 16.8. The zero-order chi connectivity index (χ0) is 19.4. The van der Waals surface area contributed by atoms with E-state index in [4.69, 9.17) is 4.74 Å². The summed E-state index contributed by atoms with van der Waals surface area (Å²) in [5.41, 5.74) is 3.02. The molecule has 0 bridgehead atoms. The Labute approximate surface area is 185 Å². The molecule has 0 radical (unpaired) electrons. The number of carbonyl (C=O) groups excluding carboxylic acids is 1. The van der Waals surface area contributed by atoms with Crippen LogP contribution in [0.5, 0.6) is 5.75 Å². The molecular weight excluding hydrogens is 539 g/mol. The number of carbonyl (C=O) groups is 1. The molecule has 27 heavy (non-hydrogen) atoms. The standard InChI is InChI=1S/C20H18BrIN2O2S/c1-3-12-5-7-14(8-6-12)23-20-24-19(25)17(27-20)11-13-9-15(21)18(26-4-2)16(22)10-13/h5-11H,3-4H2,1-2H3,(H,23,24,25)/b17-11-. The first kappa shape index (κ1) is 20.4. The van der Waals surface area contributed by atoms with E-state index < -0.39 is 0 Å². The summed E-state index contributed by atoms with van der Waals surface area (Å²) in [6, 6.07) is 12.0. The number of amides is 1. The second-order valence-corrected chi connectivity index (χ2v) is 8.80. The van der Waals surface area contributed by atoms with Gasteiger partial charge in [0.1, 0.15) is 5.75 Å². The van der Waals surface area contributed by atoms with E-state index in [-0.39, 0.29) is 5.91 Å². The van der Waals surface area contributed by atoms with Crippen molar-refractivity contribution in [1.29, 1.82) is 0 Å². The third kappa shape index (κ3) is 5.14. The van der Waals surface area contributed by atoms with Crippen LogP contribution in [0.2, 0.25) is 0 Å². The molecule has 2 aromatic carbocycles. The van der Waals surface area contributed by atoms with Gasteiger partial charge in [-0.3, -0.25) is 4.79 Å². The topological polar surface area (TPSA) is 50.7 Å². The number of hydrogen-bond donors (Lipinski definition) is 1. The van der Waals surface area contributed by atoms with Crippen molar-refractivity contribution in [2.45, 2.75) is 20.3 Å². The zero-order valence-corrected chi connectivity index (χ0v) is 19.4. The fourth-order valence-corrected chi connectivity index (χ4v) is 5.11. The van der Waals surface area contributed by atoms with Crippen LogP contribution >= 0.6 is 50.3 Å². The van der Waals surface area contributed by atoms with E-state index >= 15 is 0 Å². The first-order valence-electron chi connectivity index (χ1n) is 8.50. The van der Waals surface area contributed by atoms with Crippen LogP contribution in [-0.2, 0) is 11.2 Å². The summed E-state index contributed by atoms with van der Waals surface area (Å²) in [7, 11) is 0. The van der Waals surface area contributed by atoms with Crippen LogP contribution in [0.4, 0.5) is 5.69 Å². The van der Waals surface area contributed by atoms with Crippen LogP contribution in [0.25, 0.3) is 6.08 Å². The maximum Gasteiger partial charge on any atom is 0.264 e. The van der Waals surface area contributed by atoms with Gasteiger partial charge in [0.05, 0.1) is 25.2 Å². The molecule has 0 saturated carbocycles. The van der Waals surface area contributed by atoms with Crippen LogP contribution in [0, 0.1) is 3.57 Å². The van der Waals surface area contributed by atoms with Gasteiger partial charge in [0.2, 0.25) is 0 Å². The molecule has 1 amide bonds. The Balaban J connectivity index is 1.81. The maximum absolute atomic E-state index is 12.3. The summed E-state index contributed by atoms with van der Waals surface area (Å²) in [5.74, 6) is 0.686. The van der Waals surface area contributed by atoms with Crippen molar-refractivity contribution in [3.8, 4) is 5.75 Å². The molecule has 1 saturated heterocycles. The number of halogens is 2. The van der Waals surface area contributed by atoms with Crippen LogP contribution < -0.4 is 10.1 Å². The summed E-state index contributed by atoms with van der Waals surface area (Å²) in [4.78, 5) is 17.4. The summed E-state index contributed by atoms with van der Waals surface area (Å²) in [6.07, 6.45) is 2.86. The lowest BCUT2D eigenvalue weighted by Crippen LogP contribution is -2.19. The van der Waals surface area contributed by atoms with Crippen LogP contribution in [0.15, 0.2) is 50.8 Å². The molecule has 1 aliphatic heterocycles. The lowest BCUT2D eigenvalue weighted by molar-refractivity contribution is -0.115. The number of ether oxygens (including phenoxy) is 1. The highest BCUT2D eigenvalue weighted by molar-refractivity contribution is 14.1. The van der Waals surface area contributed by atoms with Crippen LogP contribution in [-0.4, -0.2) is 17.7 Å². The number of nitrogens with one attached hydrogen (secondary N) is 1. The molecule has 2 aromatic rings. The van der Waals surface area contributed by atoms with Gasteiger partial charge >= 0.3 is 0 Å². The van der Waals surface area contributed by atoms with Gasteiger partial charge in [-0.15, -0.1) is 0 Å². The van der Waals surface area contributed by atoms with Crippen molar-refractivity contribution in [2.75, 3.05) is 6.61 Å². The Morgan fingerprint density at radius 1 is 1.26 bits per heavy atom. The summed E-state index contributed by atoms with van der Waals surface area (Å²) < 4.78 is 7.50. The van der Waals surface area contributed by atoms with Gasteiger partial charge in [-0.1, -0.05) is 19.1 Å². The molecule has 1 heterocycles. The van der Waals surface area contributed by atoms with Gasteiger partial charge in [0.15, 0.2) is 5.17 Å². The van der Waals surface area contributed by atoms with Crippen molar-refractivity contribution in [3.05, 3.63) is 60.5 Å². The molecule has 1 aliphatic rings. The number of rotatable bonds is 5. The van der Waals surface area contributed by atoms with Gasteiger partial charge in [0, 0.05) is 0 Å². The fourth-order valence-electron chi connectivity index (χ4n) is 2.50. The predicted molar refractivity (Wildman–Crippen MR) is 125 cm³/mol. The Morgan fingerprint density at radius 2 is 2.00 bits per heavy atom. The SMILES string of the molecule is CCOc1c(Br)cc(/C=C2\SC(=Nc3ccc(CC)cc3)NC2=O)cc1I. The number of aliphatic imine (C=N–C) groups is 1. The summed E-state index contributed by atoms with van der Waals surface area (Å²) in [5, 5.41) is 3.42. The molecule has 1 fully saturated rings. The molecule has 0 unspecified atom stereocenters. The fraction of sp³-hybridized carbons (Fsp3) is 0.200. The lowest BCUT2D eigenvalue weighted by atomic mass is 10.2. The molecule has 4 nitrogen and oxygen atoms in total. The van der Waals surface area contributed by atoms with Gasteiger partial charge in [0.25, 0.3) is 5.91 Å². The minimum atomic E-state index is -0.135. The first-order chi connectivity index (χ1) is 13.0. The summed E-state index contributed by atoms with van der Waals surface area (Å²) in [6.45, 7) is 4.67. The Kier molecular flexibility index (Phi) is 6.99. The van der Waals surface area contributed by atoms with E-state index in [1.165, 1.54) is 17.3 Å². The van der Waals surface area contributed by atoms with E-state index in [1.807, 2.05) is 37.3 Å². The average Bonchev–Trinajstić information content (AvgIpc) is 2.98. The number of hydrogen-bond acceptors (Lipinski definition) is 4. The largest absolute Gasteiger partial charge is 0.492 e. The molecule has 3 rings (SSSR count). The second-order valence-electron chi connectivity index (χ2n) is 5.75. The number of nitrogens with zero attached hydrogens (tertiary/aromatic N) is 1. The van der Waals surface area contributed by atoms with Crippen LogP contribution in [0.1, 0.15) is 25.0 Å². The number of amidine groups is 1. The Hall–Kier alpha value is -1.32. The first-order valence-corrected chi connectivity index (χ1v) is 11.2. The average molecular weight is 557 g/mol. The Morgan fingerprint density at radius 3 is 2.63 bits per heavy atom. The highest BCUT2D eigenvalue weighted by Gasteiger charge is 2.24. The van der Waals surface area contributed by atoms with Crippen molar-refractivity contribution in [2.24, 2.45) is 4.99 Å². The number of aryl methyl sites for hydroxylation is 1. The third-order valence-electron chi connectivity index (χ3n) is 3.83. The monoisotopic (exact) mass is 556 g/mol. The molecule has 0 aromatic heterocycles. The molecule has 0 spiro atoms.